The van der Waals surface area contributed by atoms with Gasteiger partial charge in [0, 0.05) is 49.2 Å². The highest BCUT2D eigenvalue weighted by molar-refractivity contribution is 5.96. The van der Waals surface area contributed by atoms with Crippen LogP contribution in [0.15, 0.2) is 54.6 Å². The molecule has 0 aliphatic carbocycles. The summed E-state index contributed by atoms with van der Waals surface area (Å²) >= 11 is 0. The highest BCUT2D eigenvalue weighted by Crippen LogP contribution is 2.30. The van der Waals surface area contributed by atoms with E-state index in [2.05, 4.69) is 52.4 Å². The molecule has 0 atom stereocenters. The zero-order chi connectivity index (χ0) is 20.2. The van der Waals surface area contributed by atoms with Gasteiger partial charge in [-0.25, -0.2) is 4.98 Å². The first-order chi connectivity index (χ1) is 14.2. The Hall–Kier alpha value is -2.34. The normalized spacial score (nSPS) is 13.9. The van der Waals surface area contributed by atoms with E-state index in [9.17, 15) is 4.79 Å². The van der Waals surface area contributed by atoms with Crippen LogP contribution in [0.1, 0.15) is 24.2 Å². The fourth-order valence-electron chi connectivity index (χ4n) is 3.90. The van der Waals surface area contributed by atoms with Crippen LogP contribution in [0.3, 0.4) is 0 Å². The van der Waals surface area contributed by atoms with E-state index in [-0.39, 0.29) is 30.7 Å². The Kier molecular flexibility index (Phi) is 9.11. The third-order valence-electron chi connectivity index (χ3n) is 5.62. The van der Waals surface area contributed by atoms with Gasteiger partial charge in [-0.1, -0.05) is 43.3 Å². The maximum Gasteiger partial charge on any atom is 0.251 e. The summed E-state index contributed by atoms with van der Waals surface area (Å²) in [7, 11) is 0. The summed E-state index contributed by atoms with van der Waals surface area (Å²) < 4.78 is 0. The van der Waals surface area contributed by atoms with Crippen LogP contribution in [0, 0.1) is 0 Å². The number of likely N-dealkylation sites (N-methyl/N-ethyl adjacent to an activating group) is 1. The molecule has 0 saturated carbocycles. The minimum atomic E-state index is -0.0417. The van der Waals surface area contributed by atoms with Crippen LogP contribution < -0.4 is 10.2 Å². The van der Waals surface area contributed by atoms with Gasteiger partial charge in [-0.05, 0) is 37.1 Å². The molecular weight excluding hydrogens is 431 g/mol. The lowest BCUT2D eigenvalue weighted by molar-refractivity contribution is 0.0956. The second kappa shape index (κ2) is 11.3. The molecule has 4 rings (SSSR count). The van der Waals surface area contributed by atoms with Crippen molar-refractivity contribution in [1.29, 1.82) is 0 Å². The van der Waals surface area contributed by atoms with Crippen molar-refractivity contribution in [2.24, 2.45) is 0 Å². The Labute approximate surface area is 196 Å². The van der Waals surface area contributed by atoms with Crippen molar-refractivity contribution >= 4 is 47.3 Å². The van der Waals surface area contributed by atoms with Gasteiger partial charge in [0.05, 0.1) is 5.69 Å². The Morgan fingerprint density at radius 3 is 2.29 bits per heavy atom. The molecule has 5 nitrogen and oxygen atoms in total. The van der Waals surface area contributed by atoms with Gasteiger partial charge in [0.1, 0.15) is 5.82 Å². The van der Waals surface area contributed by atoms with Gasteiger partial charge < -0.3 is 15.1 Å². The van der Waals surface area contributed by atoms with Crippen LogP contribution in [0.25, 0.3) is 22.0 Å². The van der Waals surface area contributed by atoms with Crippen LogP contribution in [-0.2, 0) is 0 Å². The molecule has 0 unspecified atom stereocenters. The van der Waals surface area contributed by atoms with Gasteiger partial charge in [0.25, 0.3) is 5.91 Å². The smallest absolute Gasteiger partial charge is 0.251 e. The maximum absolute atomic E-state index is 12.0. The van der Waals surface area contributed by atoms with E-state index >= 15 is 0 Å². The third-order valence-corrected chi connectivity index (χ3v) is 5.62. The minimum Gasteiger partial charge on any atom is -0.354 e. The number of fused-ring (bicyclic) bond motifs is 1. The largest absolute Gasteiger partial charge is 0.354 e. The van der Waals surface area contributed by atoms with Crippen molar-refractivity contribution in [2.75, 3.05) is 44.2 Å². The molecule has 1 fully saturated rings. The van der Waals surface area contributed by atoms with Crippen LogP contribution in [0.4, 0.5) is 5.82 Å². The first-order valence-corrected chi connectivity index (χ1v) is 10.4. The van der Waals surface area contributed by atoms with Crippen molar-refractivity contribution in [2.45, 2.75) is 13.8 Å². The van der Waals surface area contributed by atoms with Gasteiger partial charge in [0.15, 0.2) is 0 Å². The quantitative estimate of drug-likeness (QED) is 0.602. The molecule has 1 aliphatic rings. The number of piperazine rings is 1. The number of pyridine rings is 1. The number of benzene rings is 2. The molecule has 1 amide bonds. The number of hydrogen-bond donors (Lipinski definition) is 1. The molecule has 1 aromatic heterocycles. The lowest BCUT2D eigenvalue weighted by Gasteiger charge is -2.35. The van der Waals surface area contributed by atoms with Crippen molar-refractivity contribution in [1.82, 2.24) is 15.2 Å². The van der Waals surface area contributed by atoms with Crippen LogP contribution >= 0.6 is 24.8 Å². The molecule has 0 bridgehead atoms. The van der Waals surface area contributed by atoms with Crippen molar-refractivity contribution in [3.8, 4) is 11.3 Å². The molecule has 2 heterocycles. The van der Waals surface area contributed by atoms with Crippen LogP contribution in [-0.4, -0.2) is 55.1 Å². The zero-order valence-electron chi connectivity index (χ0n) is 18.0. The van der Waals surface area contributed by atoms with Crippen LogP contribution in [0.2, 0.25) is 0 Å². The minimum absolute atomic E-state index is 0. The molecule has 31 heavy (non-hydrogen) atoms. The van der Waals surface area contributed by atoms with E-state index in [4.69, 9.17) is 4.98 Å². The van der Waals surface area contributed by atoms with Gasteiger partial charge >= 0.3 is 0 Å². The Morgan fingerprint density at radius 2 is 1.65 bits per heavy atom. The number of nitrogens with one attached hydrogen (secondary N) is 1. The summed E-state index contributed by atoms with van der Waals surface area (Å²) in [6, 6.07) is 18.3. The molecule has 1 N–H and O–H groups in total. The number of carbonyl (C=O) groups excluding carboxylic acids is 1. The summed E-state index contributed by atoms with van der Waals surface area (Å²) in [6.07, 6.45) is 0. The number of nitrogens with zero attached hydrogens (tertiary/aromatic N) is 3. The molecule has 166 valence electrons. The van der Waals surface area contributed by atoms with E-state index in [0.29, 0.717) is 12.1 Å². The predicted octanol–water partition coefficient (Wildman–Crippen LogP) is 4.64. The molecule has 7 heteroatoms. The number of amides is 1. The summed E-state index contributed by atoms with van der Waals surface area (Å²) in [5, 5.41) is 5.23. The van der Waals surface area contributed by atoms with Crippen molar-refractivity contribution in [3.63, 3.8) is 0 Å². The standard InChI is InChI=1S/C24H28N4O.2ClH/c1-3-25-24(29)19-11-9-18(10-12-19)22-17-20-7-5-6-8-21(20)23(26-22)28-15-13-27(4-2)14-16-28;;/h5-12,17H,3-4,13-16H2,1-2H3,(H,25,29);2*1H. The van der Waals surface area contributed by atoms with E-state index in [1.165, 1.54) is 10.8 Å². The van der Waals surface area contributed by atoms with Gasteiger partial charge in [-0.3, -0.25) is 4.79 Å². The highest BCUT2D eigenvalue weighted by atomic mass is 35.5. The average Bonchev–Trinajstić information content (AvgIpc) is 2.78. The Bertz CT molecular complexity index is 1000. The number of halogens is 2. The summed E-state index contributed by atoms with van der Waals surface area (Å²) in [5.74, 6) is 1.02. The van der Waals surface area contributed by atoms with E-state index in [1.54, 1.807) is 0 Å². The van der Waals surface area contributed by atoms with E-state index in [1.807, 2.05) is 31.2 Å². The number of aromatic nitrogens is 1. The van der Waals surface area contributed by atoms with E-state index in [0.717, 1.165) is 49.8 Å². The first kappa shape index (κ1) is 24.9. The molecule has 2 aromatic carbocycles. The summed E-state index contributed by atoms with van der Waals surface area (Å²) in [4.78, 5) is 22.0. The Morgan fingerprint density at radius 1 is 0.968 bits per heavy atom. The fraction of sp³-hybridized carbons (Fsp3) is 0.333. The van der Waals surface area contributed by atoms with E-state index < -0.39 is 0 Å². The number of carbonyl (C=O) groups is 1. The predicted molar refractivity (Wildman–Crippen MR) is 134 cm³/mol. The van der Waals surface area contributed by atoms with Gasteiger partial charge in [-0.2, -0.15) is 0 Å². The average molecular weight is 461 g/mol. The summed E-state index contributed by atoms with van der Waals surface area (Å²) in [5.41, 5.74) is 2.64. The van der Waals surface area contributed by atoms with Crippen molar-refractivity contribution < 1.29 is 4.79 Å². The SMILES string of the molecule is CCNC(=O)c1ccc(-c2cc3ccccc3c(N3CCN(CC)CC3)n2)cc1.Cl.Cl. The Balaban J connectivity index is 0.00000171. The lowest BCUT2D eigenvalue weighted by Crippen LogP contribution is -2.46. The summed E-state index contributed by atoms with van der Waals surface area (Å²) in [6.45, 7) is 9.98. The zero-order valence-corrected chi connectivity index (χ0v) is 19.6. The highest BCUT2D eigenvalue weighted by Gasteiger charge is 2.19. The molecular formula is C24H30Cl2N4O. The molecule has 1 saturated heterocycles. The second-order valence-electron chi connectivity index (χ2n) is 7.41. The fourth-order valence-corrected chi connectivity index (χ4v) is 3.90. The molecule has 0 radical (unpaired) electrons. The first-order valence-electron chi connectivity index (χ1n) is 10.4. The number of anilines is 1. The lowest BCUT2D eigenvalue weighted by atomic mass is 10.0. The monoisotopic (exact) mass is 460 g/mol. The number of hydrogen-bond acceptors (Lipinski definition) is 4. The maximum atomic E-state index is 12.0. The number of rotatable bonds is 5. The second-order valence-corrected chi connectivity index (χ2v) is 7.41. The van der Waals surface area contributed by atoms with Crippen LogP contribution in [0.5, 0.6) is 0 Å². The van der Waals surface area contributed by atoms with Crippen molar-refractivity contribution in [3.05, 3.63) is 60.2 Å². The molecule has 1 aliphatic heterocycles. The van der Waals surface area contributed by atoms with Gasteiger partial charge in [-0.15, -0.1) is 24.8 Å². The molecule has 3 aromatic rings. The molecule has 0 spiro atoms. The third kappa shape index (κ3) is 5.48. The topological polar surface area (TPSA) is 48.5 Å². The van der Waals surface area contributed by atoms with Gasteiger partial charge in [0.2, 0.25) is 0 Å².